The van der Waals surface area contributed by atoms with E-state index in [1.54, 1.807) is 0 Å². The van der Waals surface area contributed by atoms with Crippen LogP contribution < -0.4 is 10.6 Å². The van der Waals surface area contributed by atoms with Crippen LogP contribution in [0.25, 0.3) is 0 Å². The average molecular weight is 294 g/mol. The van der Waals surface area contributed by atoms with Crippen LogP contribution in [-0.2, 0) is 16.4 Å². The van der Waals surface area contributed by atoms with Crippen molar-refractivity contribution in [1.29, 1.82) is 0 Å². The Morgan fingerprint density at radius 1 is 1.40 bits per heavy atom. The minimum absolute atomic E-state index is 0.259. The van der Waals surface area contributed by atoms with Crippen molar-refractivity contribution in [2.24, 2.45) is 0 Å². The maximum atomic E-state index is 11.6. The first-order valence-corrected chi connectivity index (χ1v) is 9.04. The van der Waals surface area contributed by atoms with Crippen LogP contribution in [0, 0.1) is 0 Å². The van der Waals surface area contributed by atoms with Crippen LogP contribution in [0.5, 0.6) is 0 Å². The lowest BCUT2D eigenvalue weighted by Gasteiger charge is -2.31. The van der Waals surface area contributed by atoms with Gasteiger partial charge in [0.05, 0.1) is 11.5 Å². The SMILES string of the molecule is CC1(NCC2CNCc3ccccc32)CCS(=O)(=O)C1. The molecule has 2 aliphatic rings. The summed E-state index contributed by atoms with van der Waals surface area (Å²) in [5, 5.41) is 6.94. The summed E-state index contributed by atoms with van der Waals surface area (Å²) >= 11 is 0. The maximum absolute atomic E-state index is 11.6. The van der Waals surface area contributed by atoms with E-state index >= 15 is 0 Å². The number of sulfone groups is 1. The van der Waals surface area contributed by atoms with E-state index in [4.69, 9.17) is 0 Å². The molecule has 3 rings (SSSR count). The molecule has 2 atom stereocenters. The quantitative estimate of drug-likeness (QED) is 0.874. The third-order valence-corrected chi connectivity index (χ3v) is 6.38. The number of rotatable bonds is 3. The fourth-order valence-electron chi connectivity index (χ4n) is 3.29. The third-order valence-electron chi connectivity index (χ3n) is 4.48. The van der Waals surface area contributed by atoms with Crippen molar-refractivity contribution in [3.05, 3.63) is 35.4 Å². The molecule has 0 bridgehead atoms. The second-order valence-electron chi connectivity index (χ2n) is 6.31. The Hall–Kier alpha value is -0.910. The molecule has 5 heteroatoms. The van der Waals surface area contributed by atoms with E-state index in [-0.39, 0.29) is 11.3 Å². The van der Waals surface area contributed by atoms with Gasteiger partial charge in [-0.3, -0.25) is 0 Å². The molecule has 0 radical (unpaired) electrons. The molecule has 0 spiro atoms. The fraction of sp³-hybridized carbons (Fsp3) is 0.600. The van der Waals surface area contributed by atoms with Crippen LogP contribution in [0.3, 0.4) is 0 Å². The van der Waals surface area contributed by atoms with Gasteiger partial charge in [0.1, 0.15) is 0 Å². The monoisotopic (exact) mass is 294 g/mol. The zero-order valence-electron chi connectivity index (χ0n) is 11.9. The molecule has 2 N–H and O–H groups in total. The van der Waals surface area contributed by atoms with Crippen LogP contribution in [0.15, 0.2) is 24.3 Å². The van der Waals surface area contributed by atoms with Gasteiger partial charge in [-0.2, -0.15) is 0 Å². The Balaban J connectivity index is 1.68. The molecule has 1 saturated heterocycles. The zero-order valence-corrected chi connectivity index (χ0v) is 12.7. The molecule has 1 fully saturated rings. The summed E-state index contributed by atoms with van der Waals surface area (Å²) < 4.78 is 23.3. The standard InChI is InChI=1S/C15H22N2O2S/c1-15(6-7-20(18,19)11-15)17-10-13-9-16-8-12-4-2-3-5-14(12)13/h2-5,13,16-17H,6-11H2,1H3. The lowest BCUT2D eigenvalue weighted by molar-refractivity contribution is 0.371. The van der Waals surface area contributed by atoms with Gasteiger partial charge in [0.25, 0.3) is 0 Å². The molecule has 4 nitrogen and oxygen atoms in total. The highest BCUT2D eigenvalue weighted by atomic mass is 32.2. The van der Waals surface area contributed by atoms with Gasteiger partial charge in [-0.1, -0.05) is 24.3 Å². The second-order valence-corrected chi connectivity index (χ2v) is 8.49. The van der Waals surface area contributed by atoms with Gasteiger partial charge in [-0.25, -0.2) is 8.42 Å². The molecule has 0 saturated carbocycles. The topological polar surface area (TPSA) is 58.2 Å². The van der Waals surface area contributed by atoms with Crippen molar-refractivity contribution in [1.82, 2.24) is 10.6 Å². The Labute approximate surface area is 120 Å². The number of benzene rings is 1. The van der Waals surface area contributed by atoms with Crippen LogP contribution in [0.1, 0.15) is 30.4 Å². The molecule has 2 aliphatic heterocycles. The molecule has 2 heterocycles. The van der Waals surface area contributed by atoms with Crippen molar-refractivity contribution in [2.75, 3.05) is 24.6 Å². The highest BCUT2D eigenvalue weighted by Gasteiger charge is 2.38. The first-order chi connectivity index (χ1) is 9.48. The molecular weight excluding hydrogens is 272 g/mol. The van der Waals surface area contributed by atoms with Gasteiger partial charge in [0.2, 0.25) is 0 Å². The van der Waals surface area contributed by atoms with E-state index in [1.165, 1.54) is 11.1 Å². The largest absolute Gasteiger partial charge is 0.312 e. The van der Waals surface area contributed by atoms with Gasteiger partial charge >= 0.3 is 0 Å². The maximum Gasteiger partial charge on any atom is 0.152 e. The Morgan fingerprint density at radius 2 is 2.20 bits per heavy atom. The van der Waals surface area contributed by atoms with Crippen molar-refractivity contribution in [2.45, 2.75) is 31.3 Å². The first kappa shape index (κ1) is 14.0. The molecule has 0 aromatic heterocycles. The second kappa shape index (κ2) is 5.13. The number of nitrogens with one attached hydrogen (secondary N) is 2. The molecule has 110 valence electrons. The predicted octanol–water partition coefficient (Wildman–Crippen LogP) is 1.04. The van der Waals surface area contributed by atoms with E-state index in [0.717, 1.165) is 26.1 Å². The zero-order chi connectivity index (χ0) is 14.2. The van der Waals surface area contributed by atoms with E-state index in [2.05, 4.69) is 34.9 Å². The smallest absolute Gasteiger partial charge is 0.152 e. The van der Waals surface area contributed by atoms with Gasteiger partial charge in [-0.15, -0.1) is 0 Å². The molecule has 0 aliphatic carbocycles. The van der Waals surface area contributed by atoms with Crippen molar-refractivity contribution in [3.63, 3.8) is 0 Å². The van der Waals surface area contributed by atoms with E-state index in [9.17, 15) is 8.42 Å². The minimum atomic E-state index is -2.85. The molecule has 2 unspecified atom stereocenters. The number of fused-ring (bicyclic) bond motifs is 1. The average Bonchev–Trinajstić information content (AvgIpc) is 2.71. The molecule has 0 amide bonds. The lowest BCUT2D eigenvalue weighted by Crippen LogP contribution is -2.47. The highest BCUT2D eigenvalue weighted by Crippen LogP contribution is 2.26. The van der Waals surface area contributed by atoms with Crippen molar-refractivity contribution < 1.29 is 8.42 Å². The highest BCUT2D eigenvalue weighted by molar-refractivity contribution is 7.91. The Morgan fingerprint density at radius 3 is 2.95 bits per heavy atom. The van der Waals surface area contributed by atoms with Gasteiger partial charge in [0, 0.05) is 31.1 Å². The lowest BCUT2D eigenvalue weighted by atomic mass is 9.90. The molecule has 1 aromatic rings. The van der Waals surface area contributed by atoms with E-state index in [1.807, 2.05) is 6.92 Å². The summed E-state index contributed by atoms with van der Waals surface area (Å²) in [6.45, 7) is 4.74. The predicted molar refractivity (Wildman–Crippen MR) is 80.6 cm³/mol. The molecule has 20 heavy (non-hydrogen) atoms. The summed E-state index contributed by atoms with van der Waals surface area (Å²) in [5.74, 6) is 0.998. The van der Waals surface area contributed by atoms with Crippen LogP contribution in [0.2, 0.25) is 0 Å². The van der Waals surface area contributed by atoms with Gasteiger partial charge < -0.3 is 10.6 Å². The third kappa shape index (κ3) is 2.90. The van der Waals surface area contributed by atoms with Crippen LogP contribution >= 0.6 is 0 Å². The summed E-state index contributed by atoms with van der Waals surface area (Å²) in [4.78, 5) is 0. The van der Waals surface area contributed by atoms with Gasteiger partial charge in [0.15, 0.2) is 9.84 Å². The van der Waals surface area contributed by atoms with E-state index < -0.39 is 9.84 Å². The molecular formula is C15H22N2O2S. The van der Waals surface area contributed by atoms with Crippen LogP contribution in [-0.4, -0.2) is 38.6 Å². The van der Waals surface area contributed by atoms with Crippen LogP contribution in [0.4, 0.5) is 0 Å². The van der Waals surface area contributed by atoms with Gasteiger partial charge in [-0.05, 0) is 24.5 Å². The van der Waals surface area contributed by atoms with E-state index in [0.29, 0.717) is 11.7 Å². The normalized spacial score (nSPS) is 31.9. The number of hydrogen-bond donors (Lipinski definition) is 2. The fourth-order valence-corrected chi connectivity index (χ4v) is 5.41. The first-order valence-electron chi connectivity index (χ1n) is 7.21. The number of hydrogen-bond acceptors (Lipinski definition) is 4. The summed E-state index contributed by atoms with van der Waals surface area (Å²) in [6, 6.07) is 8.51. The Kier molecular flexibility index (Phi) is 3.60. The molecule has 1 aromatic carbocycles. The summed E-state index contributed by atoms with van der Waals surface area (Å²) in [6.07, 6.45) is 0.719. The Bertz CT molecular complexity index is 600. The minimum Gasteiger partial charge on any atom is -0.312 e. The van der Waals surface area contributed by atoms with Crippen molar-refractivity contribution >= 4 is 9.84 Å². The summed E-state index contributed by atoms with van der Waals surface area (Å²) in [7, 11) is -2.85. The summed E-state index contributed by atoms with van der Waals surface area (Å²) in [5.41, 5.74) is 2.49. The van der Waals surface area contributed by atoms with Crippen molar-refractivity contribution in [3.8, 4) is 0 Å².